The lowest BCUT2D eigenvalue weighted by molar-refractivity contribution is -0.116. The largest absolute Gasteiger partial charge is 0.326 e. The van der Waals surface area contributed by atoms with Gasteiger partial charge in [0.25, 0.3) is 11.5 Å². The molecule has 1 atom stereocenters. The molecule has 164 valence electrons. The van der Waals surface area contributed by atoms with Crippen LogP contribution >= 0.6 is 0 Å². The number of aromatic nitrogens is 2. The number of fused-ring (bicyclic) bond motifs is 1. The van der Waals surface area contributed by atoms with Gasteiger partial charge in [-0.25, -0.2) is 4.68 Å². The van der Waals surface area contributed by atoms with Gasteiger partial charge in [-0.15, -0.1) is 0 Å². The summed E-state index contributed by atoms with van der Waals surface area (Å²) in [5.41, 5.74) is 3.68. The zero-order valence-corrected chi connectivity index (χ0v) is 18.2. The smallest absolute Gasteiger partial charge is 0.278 e. The van der Waals surface area contributed by atoms with Crippen LogP contribution in [0.4, 0.5) is 11.4 Å². The summed E-state index contributed by atoms with van der Waals surface area (Å²) < 4.78 is 1.18. The van der Waals surface area contributed by atoms with Crippen molar-refractivity contribution < 1.29 is 9.59 Å². The molecule has 2 heterocycles. The van der Waals surface area contributed by atoms with E-state index in [-0.39, 0.29) is 42.1 Å². The van der Waals surface area contributed by atoms with E-state index < -0.39 is 0 Å². The first-order valence-electron chi connectivity index (χ1n) is 10.8. The summed E-state index contributed by atoms with van der Waals surface area (Å²) in [5, 5.41) is 7.11. The van der Waals surface area contributed by atoms with Gasteiger partial charge in [-0.3, -0.25) is 14.4 Å². The Labute approximate surface area is 186 Å². The molecule has 0 bridgehead atoms. The first kappa shape index (κ1) is 21.5. The number of nitrogens with zero attached hydrogens (tertiary/aromatic N) is 3. The Kier molecular flexibility index (Phi) is 6.16. The van der Waals surface area contributed by atoms with E-state index in [9.17, 15) is 14.4 Å². The molecule has 0 saturated carbocycles. The molecule has 0 radical (unpaired) electrons. The van der Waals surface area contributed by atoms with Crippen LogP contribution in [0.15, 0.2) is 65.5 Å². The molecular formula is C25H26N4O3. The number of rotatable bonds is 6. The Morgan fingerprint density at radius 1 is 1.09 bits per heavy atom. The van der Waals surface area contributed by atoms with Gasteiger partial charge in [0.1, 0.15) is 5.69 Å². The van der Waals surface area contributed by atoms with Crippen LogP contribution in [0.25, 0.3) is 0 Å². The highest BCUT2D eigenvalue weighted by Crippen LogP contribution is 2.32. The summed E-state index contributed by atoms with van der Waals surface area (Å²) in [6, 6.07) is 18.2. The first-order valence-corrected chi connectivity index (χ1v) is 10.8. The number of hydrogen-bond donors (Lipinski definition) is 1. The summed E-state index contributed by atoms with van der Waals surface area (Å²) >= 11 is 0. The van der Waals surface area contributed by atoms with Crippen molar-refractivity contribution in [3.8, 4) is 0 Å². The van der Waals surface area contributed by atoms with Gasteiger partial charge in [0, 0.05) is 29.9 Å². The van der Waals surface area contributed by atoms with Crippen molar-refractivity contribution in [2.75, 3.05) is 10.2 Å². The molecule has 32 heavy (non-hydrogen) atoms. The number of benzene rings is 2. The second-order valence-electron chi connectivity index (χ2n) is 7.99. The van der Waals surface area contributed by atoms with Gasteiger partial charge in [-0.2, -0.15) is 5.10 Å². The summed E-state index contributed by atoms with van der Waals surface area (Å²) in [4.78, 5) is 39.6. The molecule has 7 heteroatoms. The van der Waals surface area contributed by atoms with Crippen molar-refractivity contribution in [1.29, 1.82) is 0 Å². The van der Waals surface area contributed by atoms with Crippen molar-refractivity contribution in [3.63, 3.8) is 0 Å². The third-order valence-corrected chi connectivity index (χ3v) is 5.68. The third-order valence-electron chi connectivity index (χ3n) is 5.68. The zero-order valence-electron chi connectivity index (χ0n) is 18.2. The molecule has 2 amide bonds. The maximum atomic E-state index is 13.2. The monoisotopic (exact) mass is 430 g/mol. The van der Waals surface area contributed by atoms with Crippen LogP contribution < -0.4 is 15.8 Å². The van der Waals surface area contributed by atoms with Gasteiger partial charge in [-0.05, 0) is 55.2 Å². The Morgan fingerprint density at radius 2 is 1.91 bits per heavy atom. The van der Waals surface area contributed by atoms with Gasteiger partial charge in [-0.1, -0.05) is 37.3 Å². The summed E-state index contributed by atoms with van der Waals surface area (Å²) in [6.07, 6.45) is 1.73. The normalized spacial score (nSPS) is 14.8. The van der Waals surface area contributed by atoms with Crippen molar-refractivity contribution in [3.05, 3.63) is 87.8 Å². The second-order valence-corrected chi connectivity index (χ2v) is 7.99. The highest BCUT2D eigenvalue weighted by molar-refractivity contribution is 6.06. The number of carbonyl (C=O) groups is 2. The molecule has 3 aromatic rings. The predicted molar refractivity (Wildman–Crippen MR) is 124 cm³/mol. The first-order chi connectivity index (χ1) is 15.5. The van der Waals surface area contributed by atoms with Crippen molar-refractivity contribution in [2.24, 2.45) is 0 Å². The lowest BCUT2D eigenvalue weighted by atomic mass is 10.1. The average molecular weight is 431 g/mol. The van der Waals surface area contributed by atoms with Crippen molar-refractivity contribution in [1.82, 2.24) is 9.78 Å². The predicted octanol–water partition coefficient (Wildman–Crippen LogP) is 3.43. The standard InChI is InChI=1S/C25H26N4O3/c1-3-18-7-6-9-20(16-18)26-23(30)13-14-28-24(31)12-11-21(27-28)25(32)29-17(2)15-19-8-4-5-10-22(19)29/h4-12,16-17H,3,13-15H2,1-2H3,(H,26,30)/t17-/m1/s1. The molecular weight excluding hydrogens is 404 g/mol. The Bertz CT molecular complexity index is 1220. The van der Waals surface area contributed by atoms with Crippen LogP contribution in [0.1, 0.15) is 41.9 Å². The van der Waals surface area contributed by atoms with Crippen molar-refractivity contribution >= 4 is 23.2 Å². The fourth-order valence-electron chi connectivity index (χ4n) is 4.02. The fraction of sp³-hybridized carbons (Fsp3) is 0.280. The van der Waals surface area contributed by atoms with E-state index in [0.717, 1.165) is 35.3 Å². The molecule has 0 aliphatic carbocycles. The second kappa shape index (κ2) is 9.18. The maximum absolute atomic E-state index is 13.2. The average Bonchev–Trinajstić information content (AvgIpc) is 3.13. The molecule has 7 nitrogen and oxygen atoms in total. The molecule has 0 unspecified atom stereocenters. The summed E-state index contributed by atoms with van der Waals surface area (Å²) in [7, 11) is 0. The van der Waals surface area contributed by atoms with Crippen LogP contribution in [-0.2, 0) is 24.2 Å². The number of amides is 2. The summed E-state index contributed by atoms with van der Waals surface area (Å²) in [5.74, 6) is -0.470. The number of anilines is 2. The molecule has 1 N–H and O–H groups in total. The topological polar surface area (TPSA) is 84.3 Å². The number of hydrogen-bond acceptors (Lipinski definition) is 4. The molecule has 1 aliphatic heterocycles. The highest BCUT2D eigenvalue weighted by atomic mass is 16.2. The molecule has 0 spiro atoms. The number of nitrogens with one attached hydrogen (secondary N) is 1. The lowest BCUT2D eigenvalue weighted by Gasteiger charge is -2.22. The van der Waals surface area contributed by atoms with Crippen LogP contribution in [-0.4, -0.2) is 27.6 Å². The van der Waals surface area contributed by atoms with E-state index in [2.05, 4.69) is 17.3 Å². The van der Waals surface area contributed by atoms with Crippen LogP contribution in [0.5, 0.6) is 0 Å². The van der Waals surface area contributed by atoms with E-state index in [1.54, 1.807) is 4.90 Å². The Morgan fingerprint density at radius 3 is 2.72 bits per heavy atom. The fourth-order valence-corrected chi connectivity index (χ4v) is 4.02. The molecule has 4 rings (SSSR count). The summed E-state index contributed by atoms with van der Waals surface area (Å²) in [6.45, 7) is 4.13. The Hall–Kier alpha value is -3.74. The van der Waals surface area contributed by atoms with Crippen molar-refractivity contribution in [2.45, 2.75) is 45.7 Å². The van der Waals surface area contributed by atoms with E-state index in [0.29, 0.717) is 0 Å². The van der Waals surface area contributed by atoms with Crippen LogP contribution in [0, 0.1) is 0 Å². The van der Waals surface area contributed by atoms with Crippen LogP contribution in [0.3, 0.4) is 0 Å². The van der Waals surface area contributed by atoms with Gasteiger partial charge in [0.15, 0.2) is 0 Å². The minimum absolute atomic E-state index is 0.00624. The lowest BCUT2D eigenvalue weighted by Crippen LogP contribution is -2.37. The molecule has 2 aromatic carbocycles. The minimum atomic E-state index is -0.350. The quantitative estimate of drug-likeness (QED) is 0.649. The number of para-hydroxylation sites is 1. The van der Waals surface area contributed by atoms with E-state index in [1.807, 2.05) is 55.5 Å². The molecule has 0 saturated heterocycles. The molecule has 1 aliphatic rings. The maximum Gasteiger partial charge on any atom is 0.278 e. The SMILES string of the molecule is CCc1cccc(NC(=O)CCn2nc(C(=O)N3c4ccccc4C[C@H]3C)ccc2=O)c1. The Balaban J connectivity index is 1.46. The third kappa shape index (κ3) is 4.46. The van der Waals surface area contributed by atoms with E-state index >= 15 is 0 Å². The van der Waals surface area contributed by atoms with E-state index in [1.165, 1.54) is 16.8 Å². The minimum Gasteiger partial charge on any atom is -0.326 e. The van der Waals surface area contributed by atoms with E-state index in [4.69, 9.17) is 0 Å². The van der Waals surface area contributed by atoms with Gasteiger partial charge in [0.2, 0.25) is 5.91 Å². The van der Waals surface area contributed by atoms with Gasteiger partial charge in [0.05, 0.1) is 6.54 Å². The number of carbonyl (C=O) groups excluding carboxylic acids is 2. The van der Waals surface area contributed by atoms with Gasteiger partial charge < -0.3 is 10.2 Å². The molecule has 1 aromatic heterocycles. The number of aryl methyl sites for hydroxylation is 2. The highest BCUT2D eigenvalue weighted by Gasteiger charge is 2.32. The molecule has 0 fully saturated rings. The van der Waals surface area contributed by atoms with Crippen LogP contribution in [0.2, 0.25) is 0 Å². The van der Waals surface area contributed by atoms with Gasteiger partial charge >= 0.3 is 0 Å². The zero-order chi connectivity index (χ0) is 22.7.